The van der Waals surface area contributed by atoms with E-state index in [-0.39, 0.29) is 29.8 Å². The average Bonchev–Trinajstić information content (AvgIpc) is 2.98. The normalized spacial score (nSPS) is 22.4. The van der Waals surface area contributed by atoms with Gasteiger partial charge in [0, 0.05) is 32.7 Å². The smallest absolute Gasteiger partial charge is 0.292 e. The minimum Gasteiger partial charge on any atom is -0.363 e. The highest BCUT2D eigenvalue weighted by molar-refractivity contribution is 5.91. The van der Waals surface area contributed by atoms with Gasteiger partial charge in [-0.1, -0.05) is 5.16 Å². The molecule has 2 amide bonds. The van der Waals surface area contributed by atoms with Crippen LogP contribution in [-0.4, -0.2) is 65.7 Å². The highest BCUT2D eigenvalue weighted by Gasteiger charge is 2.42. The van der Waals surface area contributed by atoms with Crippen LogP contribution in [0.3, 0.4) is 0 Å². The summed E-state index contributed by atoms with van der Waals surface area (Å²) >= 11 is 0. The van der Waals surface area contributed by atoms with Crippen molar-refractivity contribution in [2.24, 2.45) is 0 Å². The predicted molar refractivity (Wildman–Crippen MR) is 68.0 cm³/mol. The highest BCUT2D eigenvalue weighted by atomic mass is 16.5. The zero-order valence-corrected chi connectivity index (χ0v) is 11.4. The van der Waals surface area contributed by atoms with Crippen LogP contribution in [0.2, 0.25) is 0 Å². The van der Waals surface area contributed by atoms with E-state index in [0.29, 0.717) is 19.6 Å². The number of piperidine rings is 1. The fourth-order valence-corrected chi connectivity index (χ4v) is 2.79. The number of hydrogen-bond acceptors (Lipinski definition) is 5. The number of likely N-dealkylation sites (tertiary alicyclic amines) is 1. The van der Waals surface area contributed by atoms with Crippen LogP contribution < -0.4 is 0 Å². The third kappa shape index (κ3) is 2.29. The zero-order chi connectivity index (χ0) is 14.2. The summed E-state index contributed by atoms with van der Waals surface area (Å²) in [6.45, 7) is 1.92. The highest BCUT2D eigenvalue weighted by Crippen LogP contribution is 2.30. The molecule has 0 bridgehead atoms. The molecule has 2 aliphatic heterocycles. The van der Waals surface area contributed by atoms with Crippen molar-refractivity contribution in [2.45, 2.75) is 18.4 Å². The fourth-order valence-electron chi connectivity index (χ4n) is 2.79. The molecule has 2 aliphatic rings. The van der Waals surface area contributed by atoms with Crippen LogP contribution in [0, 0.1) is 0 Å². The molecular weight excluding hydrogens is 262 g/mol. The SMILES string of the molecule is CN1CC2(CCN(C(=O)c3ccno3)CC2)OCC1=O. The lowest BCUT2D eigenvalue weighted by molar-refractivity contribution is -0.167. The van der Waals surface area contributed by atoms with Gasteiger partial charge in [-0.05, 0) is 12.8 Å². The molecule has 1 aromatic rings. The summed E-state index contributed by atoms with van der Waals surface area (Å²) < 4.78 is 10.6. The Kier molecular flexibility index (Phi) is 3.21. The molecule has 0 unspecified atom stereocenters. The van der Waals surface area contributed by atoms with E-state index in [9.17, 15) is 9.59 Å². The van der Waals surface area contributed by atoms with Crippen LogP contribution in [0.5, 0.6) is 0 Å². The van der Waals surface area contributed by atoms with Gasteiger partial charge in [0.1, 0.15) is 6.61 Å². The fraction of sp³-hybridized carbons (Fsp3) is 0.615. The molecule has 2 saturated heterocycles. The number of morpholine rings is 1. The number of rotatable bonds is 1. The Bertz CT molecular complexity index is 506. The maximum absolute atomic E-state index is 12.1. The summed E-state index contributed by atoms with van der Waals surface area (Å²) in [6, 6.07) is 1.57. The predicted octanol–water partition coefficient (Wildman–Crippen LogP) is 0.138. The molecule has 1 spiro atoms. The summed E-state index contributed by atoms with van der Waals surface area (Å²) in [5.41, 5.74) is -0.305. The molecule has 0 saturated carbocycles. The molecular formula is C13H17N3O4. The van der Waals surface area contributed by atoms with E-state index in [4.69, 9.17) is 9.26 Å². The maximum Gasteiger partial charge on any atom is 0.292 e. The van der Waals surface area contributed by atoms with Crippen LogP contribution >= 0.6 is 0 Å². The van der Waals surface area contributed by atoms with E-state index < -0.39 is 0 Å². The van der Waals surface area contributed by atoms with Gasteiger partial charge in [-0.25, -0.2) is 0 Å². The largest absolute Gasteiger partial charge is 0.363 e. The molecule has 0 radical (unpaired) electrons. The second-order valence-corrected chi connectivity index (χ2v) is 5.39. The average molecular weight is 279 g/mol. The number of likely N-dealkylation sites (N-methyl/N-ethyl adjacent to an activating group) is 1. The molecule has 0 atom stereocenters. The first-order chi connectivity index (χ1) is 9.60. The standard InChI is InChI=1S/C13H17N3O4/c1-15-9-13(19-8-11(15)17)3-6-16(7-4-13)12(18)10-2-5-14-20-10/h2,5H,3-4,6-9H2,1H3. The molecule has 0 aliphatic carbocycles. The van der Waals surface area contributed by atoms with Crippen molar-refractivity contribution in [2.75, 3.05) is 33.3 Å². The molecule has 108 valence electrons. The molecule has 1 aromatic heterocycles. The summed E-state index contributed by atoms with van der Waals surface area (Å²) in [5.74, 6) is 0.131. The number of nitrogens with zero attached hydrogens (tertiary/aromatic N) is 3. The van der Waals surface area contributed by atoms with Gasteiger partial charge in [0.05, 0.1) is 11.8 Å². The third-order valence-corrected chi connectivity index (χ3v) is 4.06. The Morgan fingerprint density at radius 2 is 2.15 bits per heavy atom. The number of carbonyl (C=O) groups excluding carboxylic acids is 2. The van der Waals surface area contributed by atoms with Crippen molar-refractivity contribution in [1.82, 2.24) is 15.0 Å². The van der Waals surface area contributed by atoms with E-state index in [1.54, 1.807) is 22.9 Å². The van der Waals surface area contributed by atoms with Crippen molar-refractivity contribution < 1.29 is 18.8 Å². The molecule has 3 rings (SSSR count). The second kappa shape index (κ2) is 4.90. The van der Waals surface area contributed by atoms with E-state index >= 15 is 0 Å². The summed E-state index contributed by atoms with van der Waals surface area (Å²) in [7, 11) is 1.79. The molecule has 0 N–H and O–H groups in total. The van der Waals surface area contributed by atoms with Crippen LogP contribution in [-0.2, 0) is 9.53 Å². The van der Waals surface area contributed by atoms with E-state index in [1.165, 1.54) is 6.20 Å². The number of hydrogen-bond donors (Lipinski definition) is 0. The molecule has 3 heterocycles. The van der Waals surface area contributed by atoms with E-state index in [0.717, 1.165) is 12.8 Å². The van der Waals surface area contributed by atoms with Crippen molar-refractivity contribution in [3.8, 4) is 0 Å². The Morgan fingerprint density at radius 3 is 2.75 bits per heavy atom. The molecule has 7 heteroatoms. The molecule has 20 heavy (non-hydrogen) atoms. The van der Waals surface area contributed by atoms with Crippen molar-refractivity contribution >= 4 is 11.8 Å². The van der Waals surface area contributed by atoms with Gasteiger partial charge in [0.2, 0.25) is 11.7 Å². The van der Waals surface area contributed by atoms with Crippen LogP contribution in [0.1, 0.15) is 23.4 Å². The van der Waals surface area contributed by atoms with Gasteiger partial charge in [-0.15, -0.1) is 0 Å². The van der Waals surface area contributed by atoms with Gasteiger partial charge in [0.25, 0.3) is 5.91 Å². The lowest BCUT2D eigenvalue weighted by atomic mass is 9.89. The molecule has 7 nitrogen and oxygen atoms in total. The van der Waals surface area contributed by atoms with Gasteiger partial charge in [-0.2, -0.15) is 0 Å². The molecule has 2 fully saturated rings. The monoisotopic (exact) mass is 279 g/mol. The quantitative estimate of drug-likeness (QED) is 0.731. The van der Waals surface area contributed by atoms with E-state index in [2.05, 4.69) is 5.16 Å². The minimum absolute atomic E-state index is 0.00999. The summed E-state index contributed by atoms with van der Waals surface area (Å²) in [4.78, 5) is 27.0. The Balaban J connectivity index is 1.62. The number of carbonyl (C=O) groups is 2. The van der Waals surface area contributed by atoms with Crippen LogP contribution in [0.4, 0.5) is 0 Å². The summed E-state index contributed by atoms with van der Waals surface area (Å²) in [6.07, 6.45) is 2.92. The lowest BCUT2D eigenvalue weighted by Gasteiger charge is -2.45. The number of amides is 2. The Morgan fingerprint density at radius 1 is 1.40 bits per heavy atom. The van der Waals surface area contributed by atoms with Gasteiger partial charge in [-0.3, -0.25) is 9.59 Å². The van der Waals surface area contributed by atoms with Crippen LogP contribution in [0.15, 0.2) is 16.8 Å². The maximum atomic E-state index is 12.1. The van der Waals surface area contributed by atoms with Gasteiger partial charge < -0.3 is 19.1 Å². The first-order valence-electron chi connectivity index (χ1n) is 6.68. The minimum atomic E-state index is -0.305. The number of aromatic nitrogens is 1. The number of ether oxygens (including phenoxy) is 1. The second-order valence-electron chi connectivity index (χ2n) is 5.39. The topological polar surface area (TPSA) is 75.9 Å². The van der Waals surface area contributed by atoms with E-state index in [1.807, 2.05) is 0 Å². The van der Waals surface area contributed by atoms with Crippen molar-refractivity contribution in [1.29, 1.82) is 0 Å². The first kappa shape index (κ1) is 13.1. The Labute approximate surface area is 116 Å². The lowest BCUT2D eigenvalue weighted by Crippen LogP contribution is -2.58. The van der Waals surface area contributed by atoms with Crippen molar-refractivity contribution in [3.63, 3.8) is 0 Å². The third-order valence-electron chi connectivity index (χ3n) is 4.06. The Hall–Kier alpha value is -1.89. The molecule has 0 aromatic carbocycles. The van der Waals surface area contributed by atoms with Gasteiger partial charge >= 0.3 is 0 Å². The first-order valence-corrected chi connectivity index (χ1v) is 6.68. The summed E-state index contributed by atoms with van der Waals surface area (Å²) in [5, 5.41) is 3.55. The van der Waals surface area contributed by atoms with Crippen LogP contribution in [0.25, 0.3) is 0 Å². The zero-order valence-electron chi connectivity index (χ0n) is 11.4. The van der Waals surface area contributed by atoms with Gasteiger partial charge in [0.15, 0.2) is 0 Å². The van der Waals surface area contributed by atoms with Crippen molar-refractivity contribution in [3.05, 3.63) is 18.0 Å².